The van der Waals surface area contributed by atoms with Gasteiger partial charge in [0.15, 0.2) is 12.1 Å². The summed E-state index contributed by atoms with van der Waals surface area (Å²) in [5.74, 6) is -0.298. The highest BCUT2D eigenvalue weighted by molar-refractivity contribution is 6.11. The van der Waals surface area contributed by atoms with Gasteiger partial charge in [0, 0.05) is 30.8 Å². The molecule has 222 valence electrons. The van der Waals surface area contributed by atoms with Gasteiger partial charge in [0.05, 0.1) is 38.8 Å². The van der Waals surface area contributed by atoms with Crippen molar-refractivity contribution in [2.75, 3.05) is 26.9 Å². The molecule has 5 unspecified atom stereocenters. The second-order valence-corrected chi connectivity index (χ2v) is 10.2. The van der Waals surface area contributed by atoms with Crippen LogP contribution in [0.25, 0.3) is 0 Å². The molecule has 6 atom stereocenters. The van der Waals surface area contributed by atoms with Crippen molar-refractivity contribution in [1.29, 1.82) is 0 Å². The highest BCUT2D eigenvalue weighted by Crippen LogP contribution is 2.24. The number of ketones is 1. The quantitative estimate of drug-likeness (QED) is 0.0903. The number of rotatable bonds is 22. The summed E-state index contributed by atoms with van der Waals surface area (Å²) in [4.78, 5) is 11.8. The maximum Gasteiger partial charge on any atom is 0.169 e. The minimum absolute atomic E-state index is 0.00213. The lowest BCUT2D eigenvalue weighted by Gasteiger charge is -2.30. The number of carbonyl (C=O) groups is 1. The SMILES string of the molecule is [B]C(OC(C)CO)C(CCCCCCCNC(=C)CCCCOC1CC(=O)[C@@H](O)C(C=CO)O1)/C(C)=C\OC. The van der Waals surface area contributed by atoms with Crippen LogP contribution in [0.2, 0.25) is 0 Å². The number of hydrogen-bond donors (Lipinski definition) is 4. The van der Waals surface area contributed by atoms with Gasteiger partial charge in [-0.2, -0.15) is 0 Å². The predicted molar refractivity (Wildman–Crippen MR) is 152 cm³/mol. The topological polar surface area (TPSA) is 127 Å². The molecule has 0 aromatic rings. The van der Waals surface area contributed by atoms with E-state index in [4.69, 9.17) is 31.9 Å². The zero-order chi connectivity index (χ0) is 29.0. The van der Waals surface area contributed by atoms with Crippen LogP contribution in [-0.2, 0) is 23.7 Å². The van der Waals surface area contributed by atoms with Crippen molar-refractivity contribution in [1.82, 2.24) is 5.32 Å². The number of methoxy groups -OCH3 is 1. The number of carbonyl (C=O) groups excluding carboxylic acids is 1. The first kappa shape index (κ1) is 35.2. The second-order valence-electron chi connectivity index (χ2n) is 10.2. The first-order chi connectivity index (χ1) is 18.7. The fourth-order valence-electron chi connectivity index (χ4n) is 4.46. The Morgan fingerprint density at radius 3 is 2.64 bits per heavy atom. The lowest BCUT2D eigenvalue weighted by Crippen LogP contribution is -2.45. The molecule has 1 aliphatic rings. The van der Waals surface area contributed by atoms with E-state index in [0.29, 0.717) is 6.61 Å². The zero-order valence-electron chi connectivity index (χ0n) is 24.1. The Kier molecular flexibility index (Phi) is 18.9. The number of aliphatic hydroxyl groups excluding tert-OH is 3. The molecule has 10 heteroatoms. The molecule has 1 fully saturated rings. The smallest absolute Gasteiger partial charge is 0.169 e. The second kappa shape index (κ2) is 21.0. The van der Waals surface area contributed by atoms with Crippen molar-refractivity contribution in [2.45, 2.75) is 109 Å². The van der Waals surface area contributed by atoms with Crippen molar-refractivity contribution >= 4 is 13.6 Å². The molecule has 9 nitrogen and oxygen atoms in total. The number of ether oxygens (including phenoxy) is 4. The summed E-state index contributed by atoms with van der Waals surface area (Å²) in [6.07, 6.45) is 9.53. The van der Waals surface area contributed by atoms with Crippen LogP contribution in [0.1, 0.15) is 78.1 Å². The number of nitrogens with one attached hydrogen (secondary N) is 1. The summed E-state index contributed by atoms with van der Waals surface area (Å²) in [5, 5.41) is 31.3. The van der Waals surface area contributed by atoms with Crippen LogP contribution in [0.15, 0.2) is 36.4 Å². The lowest BCUT2D eigenvalue weighted by molar-refractivity contribution is -0.207. The lowest BCUT2D eigenvalue weighted by atomic mass is 9.79. The van der Waals surface area contributed by atoms with Crippen molar-refractivity contribution in [3.63, 3.8) is 0 Å². The Bertz CT molecular complexity index is 747. The Morgan fingerprint density at radius 1 is 1.23 bits per heavy atom. The Hall–Kier alpha value is -1.85. The average molecular weight is 552 g/mol. The number of allylic oxidation sites excluding steroid dienone is 1. The first-order valence-electron chi connectivity index (χ1n) is 14.1. The molecule has 4 N–H and O–H groups in total. The van der Waals surface area contributed by atoms with Crippen LogP contribution >= 0.6 is 0 Å². The van der Waals surface area contributed by atoms with Crippen LogP contribution in [0.5, 0.6) is 0 Å². The molecule has 0 amide bonds. The number of hydrogen-bond acceptors (Lipinski definition) is 9. The highest BCUT2D eigenvalue weighted by atomic mass is 16.7. The maximum absolute atomic E-state index is 11.8. The van der Waals surface area contributed by atoms with Crippen LogP contribution in [0, 0.1) is 5.92 Å². The van der Waals surface area contributed by atoms with E-state index in [1.165, 1.54) is 6.08 Å². The van der Waals surface area contributed by atoms with Crippen molar-refractivity contribution < 1.29 is 39.1 Å². The first-order valence-corrected chi connectivity index (χ1v) is 14.1. The van der Waals surface area contributed by atoms with Gasteiger partial charge >= 0.3 is 0 Å². The molecule has 1 heterocycles. The summed E-state index contributed by atoms with van der Waals surface area (Å²) in [6, 6.07) is -0.471. The van der Waals surface area contributed by atoms with E-state index < -0.39 is 24.5 Å². The monoisotopic (exact) mass is 551 g/mol. The van der Waals surface area contributed by atoms with Gasteiger partial charge in [-0.15, -0.1) is 0 Å². The highest BCUT2D eigenvalue weighted by Gasteiger charge is 2.35. The Labute approximate surface area is 236 Å². The van der Waals surface area contributed by atoms with Gasteiger partial charge < -0.3 is 39.6 Å². The molecule has 0 spiro atoms. The molecule has 1 rings (SSSR count). The molecule has 0 aromatic heterocycles. The third-order valence-electron chi connectivity index (χ3n) is 6.77. The molecule has 0 bridgehead atoms. The largest absolute Gasteiger partial charge is 0.516 e. The average Bonchev–Trinajstić information content (AvgIpc) is 2.90. The third kappa shape index (κ3) is 14.9. The molecule has 0 aromatic carbocycles. The molecule has 0 aliphatic carbocycles. The summed E-state index contributed by atoms with van der Waals surface area (Å²) in [7, 11) is 7.88. The summed E-state index contributed by atoms with van der Waals surface area (Å²) in [5.41, 5.74) is 2.05. The van der Waals surface area contributed by atoms with Crippen LogP contribution in [0.4, 0.5) is 0 Å². The van der Waals surface area contributed by atoms with Crippen molar-refractivity contribution in [3.05, 3.63) is 36.4 Å². The van der Waals surface area contributed by atoms with Gasteiger partial charge in [-0.05, 0) is 57.6 Å². The van der Waals surface area contributed by atoms with Crippen LogP contribution in [-0.4, -0.2) is 86.4 Å². The molecule has 0 saturated carbocycles. The molecule has 2 radical (unpaired) electrons. The van der Waals surface area contributed by atoms with E-state index in [1.54, 1.807) is 13.4 Å². The van der Waals surface area contributed by atoms with Crippen molar-refractivity contribution in [3.8, 4) is 0 Å². The number of aliphatic hydroxyl groups is 3. The summed E-state index contributed by atoms with van der Waals surface area (Å²) >= 11 is 0. The standard InChI is InChI=1S/C29H50BNO8/c1-21(20-36-4)24(29(30)38-23(3)19-33)13-8-6-5-7-10-15-31-22(2)12-9-11-17-37-27-18-25(34)28(35)26(39-27)14-16-32/h14,16,20,23-24,26-29,31-33,35H,2,5-13,15,17-19H2,1,3-4H3/b16-14?,21-20-/t23?,24?,26?,27?,28-,29?/m1/s1. The molecular weight excluding hydrogens is 501 g/mol. The van der Waals surface area contributed by atoms with E-state index >= 15 is 0 Å². The van der Waals surface area contributed by atoms with Crippen molar-refractivity contribution in [2.24, 2.45) is 5.92 Å². The minimum Gasteiger partial charge on any atom is -0.516 e. The van der Waals surface area contributed by atoms with E-state index in [0.717, 1.165) is 81.9 Å². The van der Waals surface area contributed by atoms with E-state index in [2.05, 4.69) is 11.9 Å². The van der Waals surface area contributed by atoms with Gasteiger partial charge in [-0.25, -0.2) is 0 Å². The predicted octanol–water partition coefficient (Wildman–Crippen LogP) is 3.79. The normalized spacial score (nSPS) is 22.5. The number of Topliss-reactive ketones (excluding diaryl/α,β-unsaturated/α-hetero) is 1. The molecular formula is C29H50BNO8. The van der Waals surface area contributed by atoms with E-state index in [-0.39, 0.29) is 30.8 Å². The van der Waals surface area contributed by atoms with Gasteiger partial charge in [-0.1, -0.05) is 32.3 Å². The summed E-state index contributed by atoms with van der Waals surface area (Å²) in [6.45, 7) is 9.18. The summed E-state index contributed by atoms with van der Waals surface area (Å²) < 4.78 is 22.0. The Morgan fingerprint density at radius 2 is 1.95 bits per heavy atom. The number of unbranched alkanes of at least 4 members (excludes halogenated alkanes) is 5. The molecule has 39 heavy (non-hydrogen) atoms. The van der Waals surface area contributed by atoms with Crippen LogP contribution in [0.3, 0.4) is 0 Å². The Balaban J connectivity index is 2.11. The van der Waals surface area contributed by atoms with Gasteiger partial charge in [0.1, 0.15) is 20.1 Å². The van der Waals surface area contributed by atoms with Crippen LogP contribution < -0.4 is 5.32 Å². The maximum atomic E-state index is 11.8. The van der Waals surface area contributed by atoms with Gasteiger partial charge in [-0.3, -0.25) is 4.79 Å². The zero-order valence-corrected chi connectivity index (χ0v) is 24.1. The fraction of sp³-hybridized carbons (Fsp3) is 0.759. The van der Waals surface area contributed by atoms with E-state index in [1.807, 2.05) is 13.8 Å². The van der Waals surface area contributed by atoms with E-state index in [9.17, 15) is 15.0 Å². The molecule has 1 aliphatic heterocycles. The van der Waals surface area contributed by atoms with Gasteiger partial charge in [0.2, 0.25) is 0 Å². The minimum atomic E-state index is -1.27. The fourth-order valence-corrected chi connectivity index (χ4v) is 4.46. The van der Waals surface area contributed by atoms with Gasteiger partial charge in [0.25, 0.3) is 0 Å². The third-order valence-corrected chi connectivity index (χ3v) is 6.77. The molecule has 1 saturated heterocycles.